The van der Waals surface area contributed by atoms with Gasteiger partial charge < -0.3 is 5.32 Å². The summed E-state index contributed by atoms with van der Waals surface area (Å²) in [5, 5.41) is 13.3. The quantitative estimate of drug-likeness (QED) is 0.629. The fourth-order valence-electron chi connectivity index (χ4n) is 3.52. The van der Waals surface area contributed by atoms with Crippen LogP contribution in [0.4, 0.5) is 5.00 Å². The molecule has 1 aromatic carbocycles. The Morgan fingerprint density at radius 3 is 2.69 bits per heavy atom. The van der Waals surface area contributed by atoms with Gasteiger partial charge in [0.25, 0.3) is 5.91 Å². The van der Waals surface area contributed by atoms with Gasteiger partial charge in [0.15, 0.2) is 0 Å². The summed E-state index contributed by atoms with van der Waals surface area (Å²) < 4.78 is 0.933. The molecule has 0 unspecified atom stereocenters. The molecule has 0 saturated heterocycles. The van der Waals surface area contributed by atoms with Crippen LogP contribution in [0.25, 0.3) is 0 Å². The molecule has 5 heteroatoms. The maximum Gasteiger partial charge on any atom is 0.256 e. The Hall–Kier alpha value is -1.64. The molecule has 1 N–H and O–H groups in total. The molecule has 1 amide bonds. The van der Waals surface area contributed by atoms with Crippen molar-refractivity contribution >= 4 is 38.2 Å². The molecule has 0 bridgehead atoms. The van der Waals surface area contributed by atoms with E-state index in [1.165, 1.54) is 4.88 Å². The van der Waals surface area contributed by atoms with Crippen molar-refractivity contribution in [1.82, 2.24) is 0 Å². The highest BCUT2D eigenvalue weighted by molar-refractivity contribution is 9.10. The first-order chi connectivity index (χ1) is 12.4. The molecule has 0 radical (unpaired) electrons. The third-order valence-corrected chi connectivity index (χ3v) is 7.43. The van der Waals surface area contributed by atoms with Gasteiger partial charge in [0, 0.05) is 14.9 Å². The van der Waals surface area contributed by atoms with Crippen molar-refractivity contribution in [2.45, 2.75) is 46.5 Å². The van der Waals surface area contributed by atoms with Crippen LogP contribution in [0.2, 0.25) is 0 Å². The zero-order chi connectivity index (χ0) is 18.9. The number of nitrogens with one attached hydrogen (secondary N) is 1. The predicted molar refractivity (Wildman–Crippen MR) is 111 cm³/mol. The molecule has 1 aromatic heterocycles. The molecular formula is C21H23BrN2OS. The lowest BCUT2D eigenvalue weighted by Crippen LogP contribution is -2.28. The maximum absolute atomic E-state index is 12.5. The van der Waals surface area contributed by atoms with E-state index in [2.05, 4.69) is 48.1 Å². The number of nitriles is 1. The van der Waals surface area contributed by atoms with Gasteiger partial charge in [-0.2, -0.15) is 5.26 Å². The molecule has 0 aliphatic heterocycles. The van der Waals surface area contributed by atoms with Crippen molar-refractivity contribution in [3.05, 3.63) is 50.3 Å². The van der Waals surface area contributed by atoms with Gasteiger partial charge in [0.1, 0.15) is 11.1 Å². The lowest BCUT2D eigenvalue weighted by atomic mass is 9.69. The number of anilines is 1. The Kier molecular flexibility index (Phi) is 5.55. The fourth-order valence-corrected chi connectivity index (χ4v) is 5.06. The lowest BCUT2D eigenvalue weighted by molar-refractivity contribution is 0.102. The first-order valence-corrected chi connectivity index (χ1v) is 10.6. The molecular weight excluding hydrogens is 408 g/mol. The van der Waals surface area contributed by atoms with E-state index in [9.17, 15) is 10.1 Å². The number of nitrogens with zero attached hydrogens (tertiary/aromatic N) is 1. The van der Waals surface area contributed by atoms with Gasteiger partial charge in [0.2, 0.25) is 0 Å². The monoisotopic (exact) mass is 430 g/mol. The van der Waals surface area contributed by atoms with Gasteiger partial charge in [-0.25, -0.2) is 0 Å². The second kappa shape index (κ2) is 7.54. The maximum atomic E-state index is 12.5. The molecule has 1 heterocycles. The Bertz CT molecular complexity index is 861. The Morgan fingerprint density at radius 2 is 2.08 bits per heavy atom. The first-order valence-electron chi connectivity index (χ1n) is 8.97. The van der Waals surface area contributed by atoms with Crippen molar-refractivity contribution in [3.8, 4) is 6.07 Å². The van der Waals surface area contributed by atoms with Crippen LogP contribution in [0.3, 0.4) is 0 Å². The third-order valence-electron chi connectivity index (χ3n) is 5.73. The minimum atomic E-state index is -0.168. The number of hydrogen-bond donors (Lipinski definition) is 1. The molecule has 1 aliphatic rings. The van der Waals surface area contributed by atoms with E-state index in [4.69, 9.17) is 0 Å². The highest BCUT2D eigenvalue weighted by Gasteiger charge is 2.34. The van der Waals surface area contributed by atoms with Gasteiger partial charge >= 0.3 is 0 Å². The first kappa shape index (κ1) is 19.1. The standard InChI is InChI=1S/C21H23BrN2OS/c1-4-21(2,3)14-7-10-16-17(12-23)20(26-18(16)11-14)24-19(25)13-5-8-15(22)9-6-13/h5-6,8-9,14H,4,7,10-11H2,1-3H3,(H,24,25)/t14-/m1/s1. The summed E-state index contributed by atoms with van der Waals surface area (Å²) in [5.41, 5.74) is 2.69. The minimum Gasteiger partial charge on any atom is -0.312 e. The van der Waals surface area contributed by atoms with E-state index in [1.54, 1.807) is 23.5 Å². The van der Waals surface area contributed by atoms with Crippen LogP contribution < -0.4 is 5.32 Å². The zero-order valence-corrected chi connectivity index (χ0v) is 17.8. The van der Waals surface area contributed by atoms with Crippen molar-refractivity contribution < 1.29 is 4.79 Å². The summed E-state index contributed by atoms with van der Waals surface area (Å²) in [5.74, 6) is 0.457. The van der Waals surface area contributed by atoms with Gasteiger partial charge in [-0.1, -0.05) is 43.1 Å². The normalized spacial score (nSPS) is 16.7. The molecule has 0 fully saturated rings. The SMILES string of the molecule is CCC(C)(C)[C@@H]1CCc2c(sc(NC(=O)c3ccc(Br)cc3)c2C#N)C1. The number of carbonyl (C=O) groups is 1. The largest absolute Gasteiger partial charge is 0.312 e. The number of benzene rings is 1. The van der Waals surface area contributed by atoms with Crippen LogP contribution in [-0.2, 0) is 12.8 Å². The summed E-state index contributed by atoms with van der Waals surface area (Å²) in [6.07, 6.45) is 4.19. The second-order valence-corrected chi connectivity index (χ2v) is 9.58. The Morgan fingerprint density at radius 1 is 1.38 bits per heavy atom. The van der Waals surface area contributed by atoms with Gasteiger partial charge in [-0.05, 0) is 60.4 Å². The van der Waals surface area contributed by atoms with Gasteiger partial charge in [0.05, 0.1) is 5.56 Å². The number of amides is 1. The van der Waals surface area contributed by atoms with E-state index in [-0.39, 0.29) is 5.91 Å². The highest BCUT2D eigenvalue weighted by atomic mass is 79.9. The molecule has 0 spiro atoms. The van der Waals surface area contributed by atoms with Crippen LogP contribution in [0.5, 0.6) is 0 Å². The van der Waals surface area contributed by atoms with Gasteiger partial charge in [-0.15, -0.1) is 11.3 Å². The Balaban J connectivity index is 1.85. The van der Waals surface area contributed by atoms with E-state index in [0.29, 0.717) is 27.5 Å². The smallest absolute Gasteiger partial charge is 0.256 e. The van der Waals surface area contributed by atoms with Crippen LogP contribution in [-0.4, -0.2) is 5.91 Å². The van der Waals surface area contributed by atoms with Crippen LogP contribution in [0.15, 0.2) is 28.7 Å². The fraction of sp³-hybridized carbons (Fsp3) is 0.429. The molecule has 0 saturated carbocycles. The Labute approximate surface area is 167 Å². The number of rotatable bonds is 4. The molecule has 26 heavy (non-hydrogen) atoms. The summed E-state index contributed by atoms with van der Waals surface area (Å²) in [6, 6.07) is 9.57. The van der Waals surface area contributed by atoms with Crippen LogP contribution in [0.1, 0.15) is 60.0 Å². The predicted octanol–water partition coefficient (Wildman–Crippen LogP) is 6.18. The van der Waals surface area contributed by atoms with Crippen LogP contribution >= 0.6 is 27.3 Å². The highest BCUT2D eigenvalue weighted by Crippen LogP contribution is 2.45. The summed E-state index contributed by atoms with van der Waals surface area (Å²) in [4.78, 5) is 13.8. The molecule has 136 valence electrons. The summed E-state index contributed by atoms with van der Waals surface area (Å²) >= 11 is 4.96. The molecule has 3 nitrogen and oxygen atoms in total. The van der Waals surface area contributed by atoms with E-state index >= 15 is 0 Å². The third kappa shape index (κ3) is 3.72. The lowest BCUT2D eigenvalue weighted by Gasteiger charge is -2.36. The minimum absolute atomic E-state index is 0.168. The number of thiophene rings is 1. The number of halogens is 1. The van der Waals surface area contributed by atoms with Crippen LogP contribution in [0, 0.1) is 22.7 Å². The number of hydrogen-bond acceptors (Lipinski definition) is 3. The molecule has 1 aliphatic carbocycles. The molecule has 3 rings (SSSR count). The van der Waals surface area contributed by atoms with E-state index < -0.39 is 0 Å². The van der Waals surface area contributed by atoms with Crippen molar-refractivity contribution in [2.24, 2.45) is 11.3 Å². The van der Waals surface area contributed by atoms with Crippen molar-refractivity contribution in [3.63, 3.8) is 0 Å². The molecule has 2 aromatic rings. The average Bonchev–Trinajstić information content (AvgIpc) is 2.98. The molecule has 1 atom stereocenters. The summed E-state index contributed by atoms with van der Waals surface area (Å²) in [6.45, 7) is 6.91. The number of fused-ring (bicyclic) bond motifs is 1. The van der Waals surface area contributed by atoms with Gasteiger partial charge in [-0.3, -0.25) is 4.79 Å². The van der Waals surface area contributed by atoms with E-state index in [0.717, 1.165) is 35.7 Å². The topological polar surface area (TPSA) is 52.9 Å². The number of carbonyl (C=O) groups excluding carboxylic acids is 1. The van der Waals surface area contributed by atoms with Crippen molar-refractivity contribution in [1.29, 1.82) is 5.26 Å². The zero-order valence-electron chi connectivity index (χ0n) is 15.4. The second-order valence-electron chi connectivity index (χ2n) is 7.56. The van der Waals surface area contributed by atoms with Crippen molar-refractivity contribution in [2.75, 3.05) is 5.32 Å². The van der Waals surface area contributed by atoms with E-state index in [1.807, 2.05) is 12.1 Å². The summed E-state index contributed by atoms with van der Waals surface area (Å²) in [7, 11) is 0. The average molecular weight is 431 g/mol.